The summed E-state index contributed by atoms with van der Waals surface area (Å²) in [6.07, 6.45) is 3.14. The van der Waals surface area contributed by atoms with Crippen LogP contribution in [0.25, 0.3) is 0 Å². The third kappa shape index (κ3) is 5.17. The molecule has 184 valence electrons. The van der Waals surface area contributed by atoms with Gasteiger partial charge in [-0.15, -0.1) is 0 Å². The quantitative estimate of drug-likeness (QED) is 0.592. The minimum absolute atomic E-state index is 0.00230. The van der Waals surface area contributed by atoms with Crippen LogP contribution < -0.4 is 19.3 Å². The van der Waals surface area contributed by atoms with Gasteiger partial charge in [0.15, 0.2) is 0 Å². The average Bonchev–Trinajstić information content (AvgIpc) is 3.15. The molecule has 4 rings (SSSR count). The van der Waals surface area contributed by atoms with E-state index in [9.17, 15) is 9.90 Å². The molecule has 1 aromatic carbocycles. The van der Waals surface area contributed by atoms with Crippen LogP contribution in [0.4, 0.5) is 15.8 Å². The zero-order valence-corrected chi connectivity index (χ0v) is 20.5. The molecule has 2 aromatic rings. The fraction of sp³-hybridized carbons (Fsp3) is 0.520. The van der Waals surface area contributed by atoms with Crippen molar-refractivity contribution in [1.82, 2.24) is 4.98 Å². The molecule has 0 aliphatic carbocycles. The molecular weight excluding hydrogens is 461 g/mol. The van der Waals surface area contributed by atoms with Gasteiger partial charge in [-0.3, -0.25) is 4.79 Å². The highest BCUT2D eigenvalue weighted by Crippen LogP contribution is 2.36. The number of halogens is 2. The van der Waals surface area contributed by atoms with Crippen LogP contribution in [0.5, 0.6) is 11.6 Å². The van der Waals surface area contributed by atoms with E-state index >= 15 is 4.39 Å². The number of aliphatic carboxylic acids is 1. The predicted molar refractivity (Wildman–Crippen MR) is 130 cm³/mol. The van der Waals surface area contributed by atoms with Gasteiger partial charge in [-0.2, -0.15) is 0 Å². The second-order valence-corrected chi connectivity index (χ2v) is 9.69. The van der Waals surface area contributed by atoms with Crippen LogP contribution in [0.15, 0.2) is 30.5 Å². The first-order chi connectivity index (χ1) is 16.3. The Morgan fingerprint density at radius 1 is 1.21 bits per heavy atom. The van der Waals surface area contributed by atoms with E-state index in [0.717, 1.165) is 31.6 Å². The molecule has 1 aromatic heterocycles. The van der Waals surface area contributed by atoms with Crippen molar-refractivity contribution in [2.45, 2.75) is 45.3 Å². The molecule has 2 fully saturated rings. The first-order valence-electron chi connectivity index (χ1n) is 11.7. The van der Waals surface area contributed by atoms with Crippen molar-refractivity contribution < 1.29 is 23.8 Å². The van der Waals surface area contributed by atoms with Gasteiger partial charge >= 0.3 is 5.97 Å². The molecule has 4 atom stereocenters. The largest absolute Gasteiger partial charge is 0.490 e. The standard InChI is InChI=1S/C25H31ClFN3O4/c1-15-6-9-30(21(15)12-25(31)32)20-5-4-17(10-19(20)27)34-23-7-8-29(14-16(23)2)22-11-24(33-3)28-13-18(22)26/h4-5,10-11,13,15-16,21,23H,6-9,12,14H2,1-3H3,(H,31,32). The van der Waals surface area contributed by atoms with E-state index in [0.29, 0.717) is 28.9 Å². The van der Waals surface area contributed by atoms with Crippen molar-refractivity contribution in [2.75, 3.05) is 36.5 Å². The van der Waals surface area contributed by atoms with E-state index in [4.69, 9.17) is 21.1 Å². The van der Waals surface area contributed by atoms with Crippen molar-refractivity contribution in [2.24, 2.45) is 11.8 Å². The number of pyridine rings is 1. The minimum atomic E-state index is -0.865. The highest BCUT2D eigenvalue weighted by molar-refractivity contribution is 6.33. The van der Waals surface area contributed by atoms with Gasteiger partial charge in [0.1, 0.15) is 17.7 Å². The molecule has 3 heterocycles. The van der Waals surface area contributed by atoms with Crippen molar-refractivity contribution in [3.63, 3.8) is 0 Å². The van der Waals surface area contributed by atoms with E-state index in [1.165, 1.54) is 6.07 Å². The first-order valence-corrected chi connectivity index (χ1v) is 12.0. The second kappa shape index (κ2) is 10.3. The Labute approximate surface area is 204 Å². The number of anilines is 2. The Morgan fingerprint density at radius 3 is 2.68 bits per heavy atom. The van der Waals surface area contributed by atoms with Crippen LogP contribution >= 0.6 is 11.6 Å². The molecule has 4 unspecified atom stereocenters. The van der Waals surface area contributed by atoms with Crippen molar-refractivity contribution >= 4 is 28.9 Å². The molecule has 2 aliphatic heterocycles. The fourth-order valence-electron chi connectivity index (χ4n) is 5.05. The highest BCUT2D eigenvalue weighted by atomic mass is 35.5. The highest BCUT2D eigenvalue weighted by Gasteiger charge is 2.34. The summed E-state index contributed by atoms with van der Waals surface area (Å²) in [5, 5.41) is 9.82. The van der Waals surface area contributed by atoms with E-state index in [2.05, 4.69) is 16.8 Å². The Balaban J connectivity index is 1.42. The predicted octanol–water partition coefficient (Wildman–Crippen LogP) is 4.87. The zero-order chi connectivity index (χ0) is 24.4. The third-order valence-electron chi connectivity index (χ3n) is 6.97. The van der Waals surface area contributed by atoms with Gasteiger partial charge in [-0.25, -0.2) is 9.37 Å². The van der Waals surface area contributed by atoms with Crippen molar-refractivity contribution in [1.29, 1.82) is 0 Å². The number of nitrogens with zero attached hydrogens (tertiary/aromatic N) is 3. The van der Waals surface area contributed by atoms with Gasteiger partial charge in [-0.1, -0.05) is 25.4 Å². The van der Waals surface area contributed by atoms with Crippen LogP contribution in [0.1, 0.15) is 33.1 Å². The summed E-state index contributed by atoms with van der Waals surface area (Å²) >= 11 is 6.36. The maximum atomic E-state index is 15.1. The number of piperidine rings is 1. The molecule has 0 radical (unpaired) electrons. The van der Waals surface area contributed by atoms with Crippen LogP contribution in [-0.2, 0) is 4.79 Å². The lowest BCUT2D eigenvalue weighted by molar-refractivity contribution is -0.137. The lowest BCUT2D eigenvalue weighted by atomic mass is 9.96. The number of hydrogen-bond acceptors (Lipinski definition) is 6. The van der Waals surface area contributed by atoms with Crippen molar-refractivity contribution in [3.8, 4) is 11.6 Å². The molecule has 2 saturated heterocycles. The maximum absolute atomic E-state index is 15.1. The lowest BCUT2D eigenvalue weighted by Gasteiger charge is -2.38. The summed E-state index contributed by atoms with van der Waals surface area (Å²) in [6.45, 7) is 6.25. The van der Waals surface area contributed by atoms with Crippen LogP contribution in [0, 0.1) is 17.7 Å². The van der Waals surface area contributed by atoms with Gasteiger partial charge in [0.25, 0.3) is 0 Å². The first kappa shape index (κ1) is 24.4. The Bertz CT molecular complexity index is 1040. The molecule has 0 saturated carbocycles. The molecule has 2 aliphatic rings. The Hall–Kier alpha value is -2.74. The lowest BCUT2D eigenvalue weighted by Crippen LogP contribution is -2.44. The minimum Gasteiger partial charge on any atom is -0.490 e. The number of aromatic nitrogens is 1. The summed E-state index contributed by atoms with van der Waals surface area (Å²) in [5.74, 6) is 0.132. The number of carbonyl (C=O) groups is 1. The monoisotopic (exact) mass is 491 g/mol. The van der Waals surface area contributed by atoms with Crippen LogP contribution in [-0.4, -0.2) is 54.9 Å². The average molecular weight is 492 g/mol. The smallest absolute Gasteiger partial charge is 0.305 e. The maximum Gasteiger partial charge on any atom is 0.305 e. The normalized spacial score (nSPS) is 24.9. The number of carboxylic acids is 1. The van der Waals surface area contributed by atoms with E-state index < -0.39 is 5.97 Å². The molecular formula is C25H31ClFN3O4. The molecule has 1 N–H and O–H groups in total. The Morgan fingerprint density at radius 2 is 2.00 bits per heavy atom. The van der Waals surface area contributed by atoms with Gasteiger partial charge in [-0.05, 0) is 24.5 Å². The number of rotatable bonds is 7. The summed E-state index contributed by atoms with van der Waals surface area (Å²) in [6, 6.07) is 6.53. The fourth-order valence-corrected chi connectivity index (χ4v) is 5.27. The van der Waals surface area contributed by atoms with E-state index in [1.54, 1.807) is 25.4 Å². The number of ether oxygens (including phenoxy) is 2. The molecule has 9 heteroatoms. The number of benzene rings is 1. The van der Waals surface area contributed by atoms with E-state index in [-0.39, 0.29) is 36.2 Å². The van der Waals surface area contributed by atoms with Gasteiger partial charge < -0.3 is 24.4 Å². The summed E-state index contributed by atoms with van der Waals surface area (Å²) in [5.41, 5.74) is 1.32. The van der Waals surface area contributed by atoms with E-state index in [1.807, 2.05) is 17.9 Å². The molecule has 0 amide bonds. The summed E-state index contributed by atoms with van der Waals surface area (Å²) in [4.78, 5) is 19.5. The summed E-state index contributed by atoms with van der Waals surface area (Å²) < 4.78 is 26.5. The third-order valence-corrected chi connectivity index (χ3v) is 7.26. The van der Waals surface area contributed by atoms with Gasteiger partial charge in [0, 0.05) is 50.1 Å². The number of carboxylic acid groups (broad SMARTS) is 1. The van der Waals surface area contributed by atoms with Crippen LogP contribution in [0.2, 0.25) is 5.02 Å². The zero-order valence-electron chi connectivity index (χ0n) is 19.7. The SMILES string of the molecule is COc1cc(N2CCC(Oc3ccc(N4CCC(C)C4CC(=O)O)c(F)c3)C(C)C2)c(Cl)cn1. The van der Waals surface area contributed by atoms with Crippen molar-refractivity contribution in [3.05, 3.63) is 41.3 Å². The molecule has 7 nitrogen and oxygen atoms in total. The second-order valence-electron chi connectivity index (χ2n) is 9.28. The van der Waals surface area contributed by atoms with Gasteiger partial charge in [0.2, 0.25) is 5.88 Å². The Kier molecular flexibility index (Phi) is 7.36. The number of hydrogen-bond donors (Lipinski definition) is 1. The topological polar surface area (TPSA) is 75.1 Å². The number of methoxy groups -OCH3 is 1. The summed E-state index contributed by atoms with van der Waals surface area (Å²) in [7, 11) is 1.57. The van der Waals surface area contributed by atoms with Crippen LogP contribution in [0.3, 0.4) is 0 Å². The molecule has 34 heavy (non-hydrogen) atoms. The molecule has 0 spiro atoms. The molecule has 0 bridgehead atoms. The van der Waals surface area contributed by atoms with Gasteiger partial charge in [0.05, 0.1) is 36.1 Å².